The van der Waals surface area contributed by atoms with Gasteiger partial charge in [0.25, 0.3) is 0 Å². The van der Waals surface area contributed by atoms with Gasteiger partial charge in [0.2, 0.25) is 12.6 Å². The fourth-order valence-corrected chi connectivity index (χ4v) is 3.03. The average Bonchev–Trinajstić information content (AvgIpc) is 2.71. The Hall–Kier alpha value is -3.50. The molecule has 2 N–H and O–H groups in total. The molecule has 0 aromatic heterocycles. The van der Waals surface area contributed by atoms with Crippen molar-refractivity contribution < 1.29 is 48.3 Å². The summed E-state index contributed by atoms with van der Waals surface area (Å²) >= 11 is 0. The molecule has 0 fully saturated rings. The van der Waals surface area contributed by atoms with Gasteiger partial charge >= 0.3 is 23.9 Å². The van der Waals surface area contributed by atoms with Gasteiger partial charge in [-0.1, -0.05) is 19.2 Å². The van der Waals surface area contributed by atoms with Gasteiger partial charge in [-0.05, 0) is 39.3 Å². The highest BCUT2D eigenvalue weighted by atomic mass is 16.7. The number of esters is 2. The maximum absolute atomic E-state index is 12.0. The van der Waals surface area contributed by atoms with Crippen LogP contribution in [0.25, 0.3) is 0 Å². The van der Waals surface area contributed by atoms with Crippen LogP contribution in [0.3, 0.4) is 0 Å². The second kappa shape index (κ2) is 11.8. The van der Waals surface area contributed by atoms with E-state index in [1.165, 1.54) is 26.8 Å². The van der Waals surface area contributed by atoms with Gasteiger partial charge in [-0.2, -0.15) is 0 Å². The summed E-state index contributed by atoms with van der Waals surface area (Å²) in [6.45, 7) is 12.5. The van der Waals surface area contributed by atoms with E-state index in [2.05, 4.69) is 13.2 Å². The molecule has 0 aliphatic carbocycles. The largest absolute Gasteiger partial charge is 0.478 e. The van der Waals surface area contributed by atoms with Gasteiger partial charge in [0.1, 0.15) is 0 Å². The number of hydrogen-bond donors (Lipinski definition) is 2. The number of aromatic carboxylic acids is 2. The zero-order valence-electron chi connectivity index (χ0n) is 18.2. The van der Waals surface area contributed by atoms with Crippen molar-refractivity contribution in [3.63, 3.8) is 0 Å². The third kappa shape index (κ3) is 7.03. The molecule has 0 amide bonds. The third-order valence-corrected chi connectivity index (χ3v) is 4.26. The standard InChI is InChI=1S/C22H26O10/c1-7-17(23)31-13(5)29-11(3)15-9-10-16(21(25)26)20(22(27)28)19(15)12(4)30-14(6)32-18(24)8-2/h7-14H,1-2H2,3-6H3,(H,25,26)(H,27,28). The van der Waals surface area contributed by atoms with Crippen molar-refractivity contribution in [3.8, 4) is 0 Å². The van der Waals surface area contributed by atoms with E-state index in [1.807, 2.05) is 0 Å². The van der Waals surface area contributed by atoms with Crippen LogP contribution in [0.2, 0.25) is 0 Å². The van der Waals surface area contributed by atoms with E-state index in [4.69, 9.17) is 18.9 Å². The first-order valence-corrected chi connectivity index (χ1v) is 9.53. The van der Waals surface area contributed by atoms with E-state index in [9.17, 15) is 29.4 Å². The maximum atomic E-state index is 12.0. The molecule has 0 radical (unpaired) electrons. The number of benzene rings is 1. The van der Waals surface area contributed by atoms with Crippen molar-refractivity contribution >= 4 is 23.9 Å². The summed E-state index contributed by atoms with van der Waals surface area (Å²) in [7, 11) is 0. The number of carboxylic acids is 2. The number of carbonyl (C=O) groups is 4. The first-order valence-electron chi connectivity index (χ1n) is 9.53. The van der Waals surface area contributed by atoms with Crippen molar-refractivity contribution in [2.45, 2.75) is 52.5 Å². The number of carbonyl (C=O) groups excluding carboxylic acids is 2. The van der Waals surface area contributed by atoms with Gasteiger partial charge in [-0.15, -0.1) is 0 Å². The lowest BCUT2D eigenvalue weighted by molar-refractivity contribution is -0.182. The number of rotatable bonds is 12. The summed E-state index contributed by atoms with van der Waals surface area (Å²) in [4.78, 5) is 46.4. The van der Waals surface area contributed by atoms with E-state index in [0.717, 1.165) is 18.2 Å². The molecule has 0 spiro atoms. The second-order valence-electron chi connectivity index (χ2n) is 6.58. The van der Waals surface area contributed by atoms with E-state index < -0.39 is 59.8 Å². The summed E-state index contributed by atoms with van der Waals surface area (Å²) in [6.07, 6.45) is -2.08. The smallest absolute Gasteiger partial charge is 0.336 e. The van der Waals surface area contributed by atoms with Crippen LogP contribution in [-0.4, -0.2) is 46.7 Å². The molecule has 0 heterocycles. The molecular weight excluding hydrogens is 424 g/mol. The highest BCUT2D eigenvalue weighted by molar-refractivity contribution is 6.03. The van der Waals surface area contributed by atoms with Crippen molar-refractivity contribution in [2.24, 2.45) is 0 Å². The molecule has 1 aromatic rings. The first-order chi connectivity index (χ1) is 14.9. The fourth-order valence-electron chi connectivity index (χ4n) is 3.03. The summed E-state index contributed by atoms with van der Waals surface area (Å²) in [6, 6.07) is 2.52. The Morgan fingerprint density at radius 3 is 1.69 bits per heavy atom. The molecule has 4 unspecified atom stereocenters. The second-order valence-corrected chi connectivity index (χ2v) is 6.58. The van der Waals surface area contributed by atoms with E-state index in [0.29, 0.717) is 0 Å². The van der Waals surface area contributed by atoms with Crippen molar-refractivity contribution in [1.82, 2.24) is 0 Å². The Kier molecular flexibility index (Phi) is 9.76. The van der Waals surface area contributed by atoms with Crippen LogP contribution in [0.5, 0.6) is 0 Å². The van der Waals surface area contributed by atoms with Gasteiger partial charge in [-0.3, -0.25) is 0 Å². The minimum atomic E-state index is -1.50. The van der Waals surface area contributed by atoms with Crippen molar-refractivity contribution in [2.75, 3.05) is 0 Å². The van der Waals surface area contributed by atoms with Crippen LogP contribution in [0.15, 0.2) is 37.4 Å². The zero-order valence-corrected chi connectivity index (χ0v) is 18.2. The average molecular weight is 450 g/mol. The Bertz CT molecular complexity index is 904. The Morgan fingerprint density at radius 1 is 0.812 bits per heavy atom. The monoisotopic (exact) mass is 450 g/mol. The summed E-state index contributed by atoms with van der Waals surface area (Å²) in [5.41, 5.74) is -0.672. The molecule has 0 aliphatic rings. The van der Waals surface area contributed by atoms with E-state index >= 15 is 0 Å². The quantitative estimate of drug-likeness (QED) is 0.276. The van der Waals surface area contributed by atoms with Crippen LogP contribution in [0, 0.1) is 0 Å². The highest BCUT2D eigenvalue weighted by Gasteiger charge is 2.30. The molecular formula is C22H26O10. The minimum absolute atomic E-state index is 0.00801. The third-order valence-electron chi connectivity index (χ3n) is 4.26. The van der Waals surface area contributed by atoms with E-state index in [1.54, 1.807) is 6.92 Å². The van der Waals surface area contributed by atoms with Crippen LogP contribution in [0.1, 0.15) is 71.7 Å². The molecule has 174 valence electrons. The normalized spacial score (nSPS) is 14.4. The van der Waals surface area contributed by atoms with Crippen LogP contribution < -0.4 is 0 Å². The molecule has 10 nitrogen and oxygen atoms in total. The minimum Gasteiger partial charge on any atom is -0.478 e. The lowest BCUT2D eigenvalue weighted by atomic mass is 9.90. The maximum Gasteiger partial charge on any atom is 0.336 e. The zero-order chi connectivity index (χ0) is 24.6. The summed E-state index contributed by atoms with van der Waals surface area (Å²) < 4.78 is 21.2. The molecule has 1 aromatic carbocycles. The molecule has 1 rings (SSSR count). The summed E-state index contributed by atoms with van der Waals surface area (Å²) in [5.74, 6) is -4.41. The SMILES string of the molecule is C=CC(=O)OC(C)OC(C)c1ccc(C(=O)O)c(C(=O)O)c1C(C)OC(C)OC(=O)C=C. The van der Waals surface area contributed by atoms with Crippen molar-refractivity contribution in [3.05, 3.63) is 59.7 Å². The Labute approximate surface area is 185 Å². The van der Waals surface area contributed by atoms with E-state index in [-0.39, 0.29) is 11.1 Å². The highest BCUT2D eigenvalue weighted by Crippen LogP contribution is 2.34. The van der Waals surface area contributed by atoms with Gasteiger partial charge in [0, 0.05) is 17.7 Å². The molecule has 32 heavy (non-hydrogen) atoms. The Morgan fingerprint density at radius 2 is 1.28 bits per heavy atom. The predicted octanol–water partition coefficient (Wildman–Crippen LogP) is 3.39. The number of ether oxygens (including phenoxy) is 4. The first kappa shape index (κ1) is 26.5. The lowest BCUT2D eigenvalue weighted by Gasteiger charge is -2.27. The fraction of sp³-hybridized carbons (Fsp3) is 0.364. The lowest BCUT2D eigenvalue weighted by Crippen LogP contribution is -2.24. The van der Waals surface area contributed by atoms with Crippen LogP contribution >= 0.6 is 0 Å². The number of hydrogen-bond acceptors (Lipinski definition) is 8. The van der Waals surface area contributed by atoms with Gasteiger partial charge in [0.15, 0.2) is 0 Å². The molecule has 0 bridgehead atoms. The van der Waals surface area contributed by atoms with Gasteiger partial charge in [0.05, 0.1) is 23.3 Å². The van der Waals surface area contributed by atoms with Crippen LogP contribution in [0.4, 0.5) is 0 Å². The van der Waals surface area contributed by atoms with Crippen molar-refractivity contribution in [1.29, 1.82) is 0 Å². The van der Waals surface area contributed by atoms with Crippen LogP contribution in [-0.2, 0) is 28.5 Å². The molecule has 0 saturated carbocycles. The predicted molar refractivity (Wildman–Crippen MR) is 111 cm³/mol. The Balaban J connectivity index is 3.45. The van der Waals surface area contributed by atoms with Gasteiger partial charge in [-0.25, -0.2) is 19.2 Å². The topological polar surface area (TPSA) is 146 Å². The summed E-state index contributed by atoms with van der Waals surface area (Å²) in [5, 5.41) is 19.2. The molecule has 10 heteroatoms. The molecule has 0 saturated heterocycles. The molecule has 4 atom stereocenters. The van der Waals surface area contributed by atoms with Gasteiger partial charge < -0.3 is 29.2 Å². The molecule has 0 aliphatic heterocycles. The number of carboxylic acid groups (broad SMARTS) is 2.